The molecule has 0 aromatic heterocycles. The lowest BCUT2D eigenvalue weighted by atomic mass is 9.95. The third-order valence-electron chi connectivity index (χ3n) is 5.79. The molecule has 1 amide bonds. The van der Waals surface area contributed by atoms with Crippen molar-refractivity contribution in [3.05, 3.63) is 59.7 Å². The SMILES string of the molecule is Cc1ccc(S(=O)(=O)Nc2ccc(C(=O)N[C@H]3C[C@@H]4CC[C@@H]3C4)cc2)cc1. The van der Waals surface area contributed by atoms with Crippen molar-refractivity contribution in [3.8, 4) is 0 Å². The molecule has 0 spiro atoms. The van der Waals surface area contributed by atoms with Gasteiger partial charge in [-0.3, -0.25) is 9.52 Å². The number of rotatable bonds is 5. The quantitative estimate of drug-likeness (QED) is 0.825. The molecule has 0 unspecified atom stereocenters. The van der Waals surface area contributed by atoms with E-state index in [0.717, 1.165) is 17.9 Å². The second kappa shape index (κ2) is 7.00. The Morgan fingerprint density at radius 1 is 0.963 bits per heavy atom. The molecule has 2 N–H and O–H groups in total. The molecule has 2 aromatic rings. The number of carbonyl (C=O) groups is 1. The largest absolute Gasteiger partial charge is 0.349 e. The van der Waals surface area contributed by atoms with Crippen LogP contribution in [-0.2, 0) is 10.0 Å². The summed E-state index contributed by atoms with van der Waals surface area (Å²) in [5, 5.41) is 3.15. The summed E-state index contributed by atoms with van der Waals surface area (Å²) in [4.78, 5) is 12.7. The highest BCUT2D eigenvalue weighted by atomic mass is 32.2. The summed E-state index contributed by atoms with van der Waals surface area (Å²) in [6.07, 6.45) is 4.84. The van der Waals surface area contributed by atoms with Gasteiger partial charge in [0.2, 0.25) is 0 Å². The smallest absolute Gasteiger partial charge is 0.261 e. The van der Waals surface area contributed by atoms with Crippen LogP contribution in [0.1, 0.15) is 41.6 Å². The van der Waals surface area contributed by atoms with Gasteiger partial charge in [-0.05, 0) is 74.4 Å². The maximum atomic E-state index is 12.5. The van der Waals surface area contributed by atoms with Crippen LogP contribution in [0.25, 0.3) is 0 Å². The molecule has 27 heavy (non-hydrogen) atoms. The fraction of sp³-hybridized carbons (Fsp3) is 0.381. The van der Waals surface area contributed by atoms with E-state index in [1.807, 2.05) is 6.92 Å². The molecule has 2 aliphatic carbocycles. The third kappa shape index (κ3) is 3.86. The molecule has 3 atom stereocenters. The molecule has 2 aromatic carbocycles. The molecule has 0 saturated heterocycles. The molecular formula is C21H24N2O3S. The molecule has 2 aliphatic rings. The highest BCUT2D eigenvalue weighted by Crippen LogP contribution is 2.44. The lowest BCUT2D eigenvalue weighted by molar-refractivity contribution is 0.0923. The van der Waals surface area contributed by atoms with Gasteiger partial charge in [0.25, 0.3) is 15.9 Å². The third-order valence-corrected chi connectivity index (χ3v) is 7.18. The molecular weight excluding hydrogens is 360 g/mol. The zero-order valence-electron chi connectivity index (χ0n) is 15.3. The van der Waals surface area contributed by atoms with Crippen LogP contribution in [0.5, 0.6) is 0 Å². The van der Waals surface area contributed by atoms with Crippen LogP contribution in [-0.4, -0.2) is 20.4 Å². The summed E-state index contributed by atoms with van der Waals surface area (Å²) < 4.78 is 27.4. The average Bonchev–Trinajstić information content (AvgIpc) is 3.25. The van der Waals surface area contributed by atoms with Crippen molar-refractivity contribution in [2.45, 2.75) is 43.5 Å². The number of carbonyl (C=O) groups excluding carboxylic acids is 1. The summed E-state index contributed by atoms with van der Waals surface area (Å²) in [7, 11) is -3.64. The first kappa shape index (κ1) is 18.0. The first-order valence-electron chi connectivity index (χ1n) is 9.41. The van der Waals surface area contributed by atoms with E-state index >= 15 is 0 Å². The first-order chi connectivity index (χ1) is 12.9. The minimum atomic E-state index is -3.64. The van der Waals surface area contributed by atoms with Crippen molar-refractivity contribution < 1.29 is 13.2 Å². The van der Waals surface area contributed by atoms with Gasteiger partial charge < -0.3 is 5.32 Å². The average molecular weight is 385 g/mol. The van der Waals surface area contributed by atoms with E-state index in [2.05, 4.69) is 10.0 Å². The Kier molecular flexibility index (Phi) is 4.68. The number of anilines is 1. The highest BCUT2D eigenvalue weighted by molar-refractivity contribution is 7.92. The lowest BCUT2D eigenvalue weighted by Gasteiger charge is -2.22. The lowest BCUT2D eigenvalue weighted by Crippen LogP contribution is -2.38. The summed E-state index contributed by atoms with van der Waals surface area (Å²) in [6, 6.07) is 13.5. The van der Waals surface area contributed by atoms with Gasteiger partial charge in [-0.2, -0.15) is 0 Å². The predicted octanol–water partition coefficient (Wildman–Crippen LogP) is 3.71. The maximum Gasteiger partial charge on any atom is 0.261 e. The van der Waals surface area contributed by atoms with Gasteiger partial charge >= 0.3 is 0 Å². The first-order valence-corrected chi connectivity index (χ1v) is 10.9. The topological polar surface area (TPSA) is 75.3 Å². The normalized spacial score (nSPS) is 24.0. The Morgan fingerprint density at radius 3 is 2.26 bits per heavy atom. The molecule has 6 heteroatoms. The van der Waals surface area contributed by atoms with E-state index in [1.54, 1.807) is 48.5 Å². The minimum absolute atomic E-state index is 0.0829. The van der Waals surface area contributed by atoms with Crippen molar-refractivity contribution in [2.24, 2.45) is 11.8 Å². The van der Waals surface area contributed by atoms with Crippen molar-refractivity contribution in [2.75, 3.05) is 4.72 Å². The Balaban J connectivity index is 1.41. The molecule has 0 heterocycles. The molecule has 2 saturated carbocycles. The highest BCUT2D eigenvalue weighted by Gasteiger charge is 2.40. The monoisotopic (exact) mass is 384 g/mol. The number of hydrogen-bond acceptors (Lipinski definition) is 3. The van der Waals surface area contributed by atoms with Gasteiger partial charge in [-0.25, -0.2) is 8.42 Å². The van der Waals surface area contributed by atoms with Crippen molar-refractivity contribution >= 4 is 21.6 Å². The second-order valence-electron chi connectivity index (χ2n) is 7.75. The molecule has 0 radical (unpaired) electrons. The Hall–Kier alpha value is -2.34. The number of amides is 1. The van der Waals surface area contributed by atoms with E-state index in [4.69, 9.17) is 0 Å². The Bertz CT molecular complexity index is 936. The number of hydrogen-bond donors (Lipinski definition) is 2. The Labute approximate surface area is 160 Å². The molecule has 2 fully saturated rings. The van der Waals surface area contributed by atoms with Crippen LogP contribution in [0, 0.1) is 18.8 Å². The van der Waals surface area contributed by atoms with Gasteiger partial charge in [-0.1, -0.05) is 24.1 Å². The van der Waals surface area contributed by atoms with Gasteiger partial charge in [-0.15, -0.1) is 0 Å². The number of benzene rings is 2. The van der Waals surface area contributed by atoms with E-state index < -0.39 is 10.0 Å². The number of nitrogens with one attached hydrogen (secondary N) is 2. The van der Waals surface area contributed by atoms with Crippen LogP contribution in [0.15, 0.2) is 53.4 Å². The van der Waals surface area contributed by atoms with Crippen LogP contribution < -0.4 is 10.0 Å². The summed E-state index contributed by atoms with van der Waals surface area (Å²) in [5.74, 6) is 1.32. The van der Waals surface area contributed by atoms with Gasteiger partial charge in [0, 0.05) is 17.3 Å². The van der Waals surface area contributed by atoms with Crippen molar-refractivity contribution in [1.82, 2.24) is 5.32 Å². The summed E-state index contributed by atoms with van der Waals surface area (Å²) >= 11 is 0. The second-order valence-corrected chi connectivity index (χ2v) is 9.43. The molecule has 2 bridgehead atoms. The van der Waals surface area contributed by atoms with Crippen LogP contribution in [0.2, 0.25) is 0 Å². The zero-order chi connectivity index (χ0) is 19.0. The Morgan fingerprint density at radius 2 is 1.67 bits per heavy atom. The summed E-state index contributed by atoms with van der Waals surface area (Å²) in [6.45, 7) is 1.91. The fourth-order valence-corrected chi connectivity index (χ4v) is 5.35. The number of sulfonamides is 1. The van der Waals surface area contributed by atoms with Crippen LogP contribution in [0.4, 0.5) is 5.69 Å². The van der Waals surface area contributed by atoms with E-state index in [1.165, 1.54) is 19.3 Å². The molecule has 5 nitrogen and oxygen atoms in total. The standard InChI is InChI=1S/C21H24N2O3S/c1-14-2-10-19(11-3-14)27(25,26)23-18-8-6-16(7-9-18)21(24)22-20-13-15-4-5-17(20)12-15/h2-3,6-11,15,17,20,23H,4-5,12-13H2,1H3,(H,22,24)/t15-,17-,20+/m1/s1. The van der Waals surface area contributed by atoms with Gasteiger partial charge in [0.15, 0.2) is 0 Å². The molecule has 0 aliphatic heterocycles. The fourth-order valence-electron chi connectivity index (χ4n) is 4.29. The van der Waals surface area contributed by atoms with E-state index in [9.17, 15) is 13.2 Å². The van der Waals surface area contributed by atoms with Crippen molar-refractivity contribution in [1.29, 1.82) is 0 Å². The van der Waals surface area contributed by atoms with Gasteiger partial charge in [0.1, 0.15) is 0 Å². The predicted molar refractivity (Wildman–Crippen MR) is 105 cm³/mol. The zero-order valence-corrected chi connectivity index (χ0v) is 16.1. The van der Waals surface area contributed by atoms with E-state index in [-0.39, 0.29) is 16.8 Å². The maximum absolute atomic E-state index is 12.5. The van der Waals surface area contributed by atoms with Gasteiger partial charge in [0.05, 0.1) is 4.90 Å². The minimum Gasteiger partial charge on any atom is -0.349 e. The van der Waals surface area contributed by atoms with Crippen LogP contribution in [0.3, 0.4) is 0 Å². The van der Waals surface area contributed by atoms with Crippen molar-refractivity contribution in [3.63, 3.8) is 0 Å². The number of fused-ring (bicyclic) bond motifs is 2. The van der Waals surface area contributed by atoms with E-state index in [0.29, 0.717) is 17.2 Å². The molecule has 142 valence electrons. The number of aryl methyl sites for hydroxylation is 1. The summed E-state index contributed by atoms with van der Waals surface area (Å²) in [5.41, 5.74) is 1.99. The van der Waals surface area contributed by atoms with Crippen LogP contribution >= 0.6 is 0 Å². The molecule has 4 rings (SSSR count).